The van der Waals surface area contributed by atoms with E-state index in [4.69, 9.17) is 15.1 Å². The molecule has 1 fully saturated rings. The third-order valence-corrected chi connectivity index (χ3v) is 4.07. The second-order valence-electron chi connectivity index (χ2n) is 5.61. The first-order chi connectivity index (χ1) is 11.2. The van der Waals surface area contributed by atoms with Gasteiger partial charge in [-0.25, -0.2) is 4.98 Å². The highest BCUT2D eigenvalue weighted by Crippen LogP contribution is 2.27. The van der Waals surface area contributed by atoms with Crippen LogP contribution >= 0.6 is 0 Å². The number of H-pyrrole nitrogens is 1. The van der Waals surface area contributed by atoms with Gasteiger partial charge in [0.2, 0.25) is 0 Å². The Labute approximate surface area is 135 Å². The molecular weight excluding hydrogens is 292 g/mol. The van der Waals surface area contributed by atoms with E-state index >= 15 is 0 Å². The van der Waals surface area contributed by atoms with Crippen LogP contribution < -0.4 is 10.2 Å². The maximum atomic E-state index is 7.75. The Bertz CT molecular complexity index is 669. The summed E-state index contributed by atoms with van der Waals surface area (Å²) in [5, 5.41) is 17.8. The Morgan fingerprint density at radius 3 is 3.09 bits per heavy atom. The SMILES string of the molecule is CCc1cc(N2CCOCC2C)nc(Nc2ccn[nH]2)c1C=N. The molecule has 1 saturated heterocycles. The van der Waals surface area contributed by atoms with Crippen LogP contribution in [-0.2, 0) is 11.2 Å². The van der Waals surface area contributed by atoms with Crippen molar-refractivity contribution in [2.75, 3.05) is 30.0 Å². The van der Waals surface area contributed by atoms with Gasteiger partial charge >= 0.3 is 0 Å². The number of pyridine rings is 1. The van der Waals surface area contributed by atoms with Crippen molar-refractivity contribution < 1.29 is 4.74 Å². The first kappa shape index (κ1) is 15.5. The van der Waals surface area contributed by atoms with Crippen molar-refractivity contribution in [1.82, 2.24) is 15.2 Å². The fourth-order valence-electron chi connectivity index (χ4n) is 2.81. The molecule has 122 valence electrons. The highest BCUT2D eigenvalue weighted by molar-refractivity contribution is 5.88. The number of ether oxygens (including phenoxy) is 1. The van der Waals surface area contributed by atoms with E-state index in [0.717, 1.165) is 35.7 Å². The minimum Gasteiger partial charge on any atom is -0.377 e. The van der Waals surface area contributed by atoms with Crippen molar-refractivity contribution >= 4 is 23.7 Å². The van der Waals surface area contributed by atoms with Crippen LogP contribution in [0.15, 0.2) is 18.3 Å². The summed E-state index contributed by atoms with van der Waals surface area (Å²) in [6.07, 6.45) is 3.88. The molecule has 0 radical (unpaired) electrons. The highest BCUT2D eigenvalue weighted by Gasteiger charge is 2.22. The van der Waals surface area contributed by atoms with Gasteiger partial charge in [0.05, 0.1) is 25.5 Å². The minimum atomic E-state index is 0.284. The number of aromatic amines is 1. The maximum Gasteiger partial charge on any atom is 0.143 e. The molecule has 1 aliphatic heterocycles. The van der Waals surface area contributed by atoms with E-state index in [0.29, 0.717) is 19.0 Å². The van der Waals surface area contributed by atoms with E-state index < -0.39 is 0 Å². The molecule has 1 aliphatic rings. The molecule has 1 atom stereocenters. The summed E-state index contributed by atoms with van der Waals surface area (Å²) >= 11 is 0. The van der Waals surface area contributed by atoms with E-state index in [-0.39, 0.29) is 6.04 Å². The lowest BCUT2D eigenvalue weighted by atomic mass is 10.1. The number of morpholine rings is 1. The number of hydrogen-bond donors (Lipinski definition) is 3. The summed E-state index contributed by atoms with van der Waals surface area (Å²) in [6, 6.07) is 4.21. The van der Waals surface area contributed by atoms with Gasteiger partial charge in [-0.1, -0.05) is 6.92 Å². The summed E-state index contributed by atoms with van der Waals surface area (Å²) in [6.45, 7) is 6.47. The zero-order chi connectivity index (χ0) is 16.2. The molecule has 0 saturated carbocycles. The quantitative estimate of drug-likeness (QED) is 0.737. The predicted octanol–water partition coefficient (Wildman–Crippen LogP) is 2.33. The summed E-state index contributed by atoms with van der Waals surface area (Å²) in [7, 11) is 0. The van der Waals surface area contributed by atoms with Crippen LogP contribution in [0.25, 0.3) is 0 Å². The van der Waals surface area contributed by atoms with Crippen LogP contribution in [0.3, 0.4) is 0 Å². The fourth-order valence-corrected chi connectivity index (χ4v) is 2.81. The second-order valence-corrected chi connectivity index (χ2v) is 5.61. The lowest BCUT2D eigenvalue weighted by molar-refractivity contribution is 0.0985. The average Bonchev–Trinajstić information content (AvgIpc) is 3.07. The number of anilines is 3. The molecular formula is C16H22N6O. The van der Waals surface area contributed by atoms with Crippen molar-refractivity contribution in [1.29, 1.82) is 5.41 Å². The van der Waals surface area contributed by atoms with E-state index in [1.165, 1.54) is 6.21 Å². The van der Waals surface area contributed by atoms with Gasteiger partial charge in [-0.2, -0.15) is 5.10 Å². The van der Waals surface area contributed by atoms with Gasteiger partial charge in [0.25, 0.3) is 0 Å². The topological polar surface area (TPSA) is 89.9 Å². The van der Waals surface area contributed by atoms with Gasteiger partial charge in [-0.05, 0) is 25.0 Å². The van der Waals surface area contributed by atoms with Crippen molar-refractivity contribution in [2.45, 2.75) is 26.3 Å². The van der Waals surface area contributed by atoms with Crippen LogP contribution in [0.1, 0.15) is 25.0 Å². The van der Waals surface area contributed by atoms with Crippen LogP contribution in [-0.4, -0.2) is 47.2 Å². The molecule has 3 rings (SSSR count). The van der Waals surface area contributed by atoms with Gasteiger partial charge < -0.3 is 20.4 Å². The summed E-state index contributed by atoms with van der Waals surface area (Å²) in [4.78, 5) is 7.02. The standard InChI is InChI=1S/C16H22N6O/c1-3-12-8-15(22-6-7-23-10-11(22)2)20-16(13(12)9-17)19-14-4-5-18-21-14/h4-5,8-9,11,17H,3,6-7,10H2,1-2H3,(H2,18,19,20,21). The van der Waals surface area contributed by atoms with Crippen molar-refractivity contribution in [3.05, 3.63) is 29.5 Å². The first-order valence-corrected chi connectivity index (χ1v) is 7.88. The third-order valence-electron chi connectivity index (χ3n) is 4.07. The van der Waals surface area contributed by atoms with E-state index in [2.05, 4.69) is 40.3 Å². The lowest BCUT2D eigenvalue weighted by Crippen LogP contribution is -2.44. The van der Waals surface area contributed by atoms with Crippen molar-refractivity contribution in [2.24, 2.45) is 0 Å². The van der Waals surface area contributed by atoms with Gasteiger partial charge in [0, 0.05) is 24.4 Å². The largest absolute Gasteiger partial charge is 0.377 e. The van der Waals surface area contributed by atoms with Crippen LogP contribution in [0.2, 0.25) is 0 Å². The Morgan fingerprint density at radius 2 is 2.43 bits per heavy atom. The predicted molar refractivity (Wildman–Crippen MR) is 91.0 cm³/mol. The Kier molecular flexibility index (Phi) is 4.57. The number of nitrogens with zero attached hydrogens (tertiary/aromatic N) is 3. The Hall–Kier alpha value is -2.41. The van der Waals surface area contributed by atoms with Crippen molar-refractivity contribution in [3.63, 3.8) is 0 Å². The van der Waals surface area contributed by atoms with E-state index in [1.807, 2.05) is 6.07 Å². The number of rotatable bonds is 5. The smallest absolute Gasteiger partial charge is 0.143 e. The Balaban J connectivity index is 2.01. The number of hydrogen-bond acceptors (Lipinski definition) is 6. The van der Waals surface area contributed by atoms with Crippen LogP contribution in [0.5, 0.6) is 0 Å². The lowest BCUT2D eigenvalue weighted by Gasteiger charge is -2.35. The molecule has 2 aromatic rings. The van der Waals surface area contributed by atoms with Gasteiger partial charge in [-0.15, -0.1) is 0 Å². The molecule has 23 heavy (non-hydrogen) atoms. The Morgan fingerprint density at radius 1 is 1.57 bits per heavy atom. The first-order valence-electron chi connectivity index (χ1n) is 7.88. The minimum absolute atomic E-state index is 0.284. The summed E-state index contributed by atoms with van der Waals surface area (Å²) in [5.74, 6) is 2.36. The number of nitrogens with one attached hydrogen (secondary N) is 3. The molecule has 3 heterocycles. The van der Waals surface area contributed by atoms with E-state index in [9.17, 15) is 0 Å². The molecule has 1 unspecified atom stereocenters. The van der Waals surface area contributed by atoms with Crippen LogP contribution in [0.4, 0.5) is 17.5 Å². The van der Waals surface area contributed by atoms with E-state index in [1.54, 1.807) is 6.20 Å². The normalized spacial score (nSPS) is 18.0. The molecule has 0 aliphatic carbocycles. The molecule has 0 amide bonds. The van der Waals surface area contributed by atoms with Gasteiger partial charge in [0.1, 0.15) is 17.5 Å². The molecule has 0 spiro atoms. The monoisotopic (exact) mass is 314 g/mol. The summed E-state index contributed by atoms with van der Waals surface area (Å²) < 4.78 is 5.52. The summed E-state index contributed by atoms with van der Waals surface area (Å²) in [5.41, 5.74) is 1.91. The van der Waals surface area contributed by atoms with Gasteiger partial charge in [-0.3, -0.25) is 5.10 Å². The second kappa shape index (κ2) is 6.78. The number of aromatic nitrogens is 3. The molecule has 7 nitrogen and oxygen atoms in total. The zero-order valence-corrected chi connectivity index (χ0v) is 13.5. The zero-order valence-electron chi connectivity index (χ0n) is 13.5. The maximum absolute atomic E-state index is 7.75. The van der Waals surface area contributed by atoms with Gasteiger partial charge in [0.15, 0.2) is 0 Å². The molecule has 2 aromatic heterocycles. The molecule has 0 bridgehead atoms. The molecule has 0 aromatic carbocycles. The van der Waals surface area contributed by atoms with Crippen molar-refractivity contribution in [3.8, 4) is 0 Å². The van der Waals surface area contributed by atoms with Crippen LogP contribution in [0, 0.1) is 5.41 Å². The molecule has 7 heteroatoms. The number of aryl methyl sites for hydroxylation is 1. The third kappa shape index (κ3) is 3.19. The molecule has 3 N–H and O–H groups in total. The average molecular weight is 314 g/mol. The fraction of sp³-hybridized carbons (Fsp3) is 0.438. The highest BCUT2D eigenvalue weighted by atomic mass is 16.5.